The quantitative estimate of drug-likeness (QED) is 0.265. The van der Waals surface area contributed by atoms with Gasteiger partial charge in [0.2, 0.25) is 5.91 Å². The van der Waals surface area contributed by atoms with Gasteiger partial charge in [0.05, 0.1) is 17.4 Å². The van der Waals surface area contributed by atoms with Crippen LogP contribution in [0.3, 0.4) is 0 Å². The van der Waals surface area contributed by atoms with Gasteiger partial charge in [0.1, 0.15) is 12.1 Å². The first-order chi connectivity index (χ1) is 19.0. The first-order valence-corrected chi connectivity index (χ1v) is 12.5. The summed E-state index contributed by atoms with van der Waals surface area (Å²) in [4.78, 5) is 17.3. The van der Waals surface area contributed by atoms with Crippen LogP contribution < -0.4 is 11.1 Å². The van der Waals surface area contributed by atoms with Crippen molar-refractivity contribution in [1.29, 1.82) is 0 Å². The van der Waals surface area contributed by atoms with E-state index in [-0.39, 0.29) is 11.1 Å². The van der Waals surface area contributed by atoms with Crippen LogP contribution in [0, 0.1) is 0 Å². The number of carbonyl (C=O) groups excluding carboxylic acids is 1. The van der Waals surface area contributed by atoms with E-state index in [0.29, 0.717) is 39.8 Å². The molecule has 2 aromatic carbocycles. The molecule has 3 heterocycles. The van der Waals surface area contributed by atoms with Crippen molar-refractivity contribution in [3.05, 3.63) is 112 Å². The Balaban J connectivity index is 1.45. The number of nitrogen functional groups attached to an aromatic ring is 1. The standard InChI is InChI=1S/C27H21Cl2N9O/c28-20-8-9-24(38-16-32-36-37-38)18(13-20)7-11-26(39)33-23(12-17-4-2-1-3-5-17)21-14-22(34-35-27(21)29)19-6-10-25(30)31-15-19/h1-11,13-16,23H,12H2,(H2,30,31)(H,33,39). The number of carbonyl (C=O) groups is 1. The van der Waals surface area contributed by atoms with Gasteiger partial charge < -0.3 is 11.1 Å². The molecule has 0 aliphatic heterocycles. The maximum Gasteiger partial charge on any atom is 0.244 e. The van der Waals surface area contributed by atoms with Gasteiger partial charge >= 0.3 is 0 Å². The maximum atomic E-state index is 13.2. The number of halogens is 2. The molecule has 3 aromatic heterocycles. The average Bonchev–Trinajstić information content (AvgIpc) is 3.48. The number of aromatic nitrogens is 7. The molecule has 0 fully saturated rings. The summed E-state index contributed by atoms with van der Waals surface area (Å²) >= 11 is 12.7. The van der Waals surface area contributed by atoms with Crippen LogP contribution in [0.1, 0.15) is 22.7 Å². The maximum absolute atomic E-state index is 13.2. The molecule has 5 rings (SSSR count). The second-order valence-corrected chi connectivity index (χ2v) is 9.28. The Morgan fingerprint density at radius 1 is 1.05 bits per heavy atom. The number of nitrogens with two attached hydrogens (primary N) is 1. The summed E-state index contributed by atoms with van der Waals surface area (Å²) in [6, 6.07) is 19.7. The largest absolute Gasteiger partial charge is 0.384 e. The minimum atomic E-state index is -0.508. The highest BCUT2D eigenvalue weighted by Crippen LogP contribution is 2.28. The highest BCUT2D eigenvalue weighted by molar-refractivity contribution is 6.31. The van der Waals surface area contributed by atoms with Crippen molar-refractivity contribution < 1.29 is 4.79 Å². The van der Waals surface area contributed by atoms with Crippen LogP contribution in [0.4, 0.5) is 5.82 Å². The third-order valence-corrected chi connectivity index (χ3v) is 6.36. The SMILES string of the molecule is Nc1ccc(-c2cc(C(Cc3ccccc3)NC(=O)C=Cc3cc(Cl)ccc3-n3cnnn3)c(Cl)nn2)cn1. The van der Waals surface area contributed by atoms with Crippen molar-refractivity contribution in [3.63, 3.8) is 0 Å². The zero-order chi connectivity index (χ0) is 27.2. The van der Waals surface area contributed by atoms with Crippen LogP contribution in [0.2, 0.25) is 10.2 Å². The van der Waals surface area contributed by atoms with E-state index < -0.39 is 6.04 Å². The number of nitrogens with one attached hydrogen (secondary N) is 1. The van der Waals surface area contributed by atoms with Gasteiger partial charge in [-0.2, -0.15) is 4.68 Å². The molecule has 1 unspecified atom stereocenters. The molecule has 0 saturated heterocycles. The van der Waals surface area contributed by atoms with E-state index in [2.05, 4.69) is 36.0 Å². The van der Waals surface area contributed by atoms with E-state index >= 15 is 0 Å². The highest BCUT2D eigenvalue weighted by Gasteiger charge is 2.20. The predicted octanol–water partition coefficient (Wildman–Crippen LogP) is 4.52. The number of rotatable bonds is 8. The molecule has 10 nitrogen and oxygen atoms in total. The molecule has 0 bridgehead atoms. The van der Waals surface area contributed by atoms with Gasteiger partial charge in [0, 0.05) is 34.0 Å². The van der Waals surface area contributed by atoms with Crippen LogP contribution in [0.25, 0.3) is 23.0 Å². The molecular formula is C27H21Cl2N9O. The zero-order valence-corrected chi connectivity index (χ0v) is 21.8. The molecule has 1 atom stereocenters. The summed E-state index contributed by atoms with van der Waals surface area (Å²) < 4.78 is 1.49. The molecule has 3 N–H and O–H groups in total. The number of tetrazole rings is 1. The van der Waals surface area contributed by atoms with Gasteiger partial charge in [-0.1, -0.05) is 53.5 Å². The lowest BCUT2D eigenvalue weighted by atomic mass is 9.99. The molecular weight excluding hydrogens is 537 g/mol. The van der Waals surface area contributed by atoms with E-state index in [1.807, 2.05) is 30.3 Å². The second-order valence-electron chi connectivity index (χ2n) is 8.49. The Hall–Kier alpha value is -4.67. The lowest BCUT2D eigenvalue weighted by Gasteiger charge is -2.20. The van der Waals surface area contributed by atoms with E-state index in [9.17, 15) is 4.79 Å². The topological polar surface area (TPSA) is 137 Å². The smallest absolute Gasteiger partial charge is 0.244 e. The van der Waals surface area contributed by atoms with Crippen LogP contribution in [-0.2, 0) is 11.2 Å². The second kappa shape index (κ2) is 11.8. The van der Waals surface area contributed by atoms with Gasteiger partial charge in [0.15, 0.2) is 5.15 Å². The van der Waals surface area contributed by atoms with Crippen molar-refractivity contribution in [2.24, 2.45) is 0 Å². The van der Waals surface area contributed by atoms with Crippen LogP contribution >= 0.6 is 23.2 Å². The van der Waals surface area contributed by atoms with Gasteiger partial charge in [-0.25, -0.2) is 4.98 Å². The number of hydrogen-bond donors (Lipinski definition) is 2. The van der Waals surface area contributed by atoms with Crippen LogP contribution in [0.5, 0.6) is 0 Å². The van der Waals surface area contributed by atoms with Gasteiger partial charge in [0.25, 0.3) is 0 Å². The summed E-state index contributed by atoms with van der Waals surface area (Å²) in [5, 5.41) is 23.4. The van der Waals surface area contributed by atoms with Crippen molar-refractivity contribution >= 4 is 41.0 Å². The predicted molar refractivity (Wildman–Crippen MR) is 149 cm³/mol. The van der Waals surface area contributed by atoms with Gasteiger partial charge in [-0.3, -0.25) is 4.79 Å². The normalized spacial score (nSPS) is 11.9. The minimum absolute atomic E-state index is 0.183. The number of nitrogens with zero attached hydrogens (tertiary/aromatic N) is 7. The lowest BCUT2D eigenvalue weighted by Crippen LogP contribution is -2.29. The molecule has 0 aliphatic carbocycles. The average molecular weight is 558 g/mol. The van der Waals surface area contributed by atoms with Crippen molar-refractivity contribution in [3.8, 4) is 16.9 Å². The monoisotopic (exact) mass is 557 g/mol. The van der Waals surface area contributed by atoms with E-state index in [1.54, 1.807) is 48.7 Å². The van der Waals surface area contributed by atoms with Gasteiger partial charge in [-0.15, -0.1) is 15.3 Å². The van der Waals surface area contributed by atoms with Crippen molar-refractivity contribution in [1.82, 2.24) is 40.7 Å². The van der Waals surface area contributed by atoms with Gasteiger partial charge in [-0.05, 0) is 64.9 Å². The number of hydrogen-bond acceptors (Lipinski definition) is 8. The number of amides is 1. The van der Waals surface area contributed by atoms with Crippen molar-refractivity contribution in [2.45, 2.75) is 12.5 Å². The third kappa shape index (κ3) is 6.43. The van der Waals surface area contributed by atoms with E-state index in [0.717, 1.165) is 11.1 Å². The minimum Gasteiger partial charge on any atom is -0.384 e. The molecule has 0 spiro atoms. The lowest BCUT2D eigenvalue weighted by molar-refractivity contribution is -0.117. The van der Waals surface area contributed by atoms with E-state index in [1.165, 1.54) is 17.1 Å². The first kappa shape index (κ1) is 26.0. The summed E-state index contributed by atoms with van der Waals surface area (Å²) in [7, 11) is 0. The Kier molecular flexibility index (Phi) is 7.86. The fourth-order valence-corrected chi connectivity index (χ4v) is 4.35. The molecule has 0 radical (unpaired) electrons. The molecule has 1 amide bonds. The summed E-state index contributed by atoms with van der Waals surface area (Å²) in [5.74, 6) is 0.0481. The third-order valence-electron chi connectivity index (χ3n) is 5.83. The highest BCUT2D eigenvalue weighted by atomic mass is 35.5. The summed E-state index contributed by atoms with van der Waals surface area (Å²) in [6.45, 7) is 0. The van der Waals surface area contributed by atoms with E-state index in [4.69, 9.17) is 28.9 Å². The molecule has 194 valence electrons. The Morgan fingerprint density at radius 3 is 2.64 bits per heavy atom. The van der Waals surface area contributed by atoms with Crippen molar-refractivity contribution in [2.75, 3.05) is 5.73 Å². The Labute approximate surface area is 233 Å². The Morgan fingerprint density at radius 2 is 1.90 bits per heavy atom. The molecule has 0 aliphatic rings. The first-order valence-electron chi connectivity index (χ1n) is 11.8. The fraction of sp³-hybridized carbons (Fsp3) is 0.0741. The molecule has 39 heavy (non-hydrogen) atoms. The number of pyridine rings is 1. The van der Waals surface area contributed by atoms with Crippen LogP contribution in [0.15, 0.2) is 85.3 Å². The Bertz CT molecular complexity index is 1610. The van der Waals surface area contributed by atoms with Crippen LogP contribution in [-0.4, -0.2) is 41.3 Å². The number of benzene rings is 2. The molecule has 0 saturated carbocycles. The molecule has 12 heteroatoms. The fourth-order valence-electron chi connectivity index (χ4n) is 3.95. The summed E-state index contributed by atoms with van der Waals surface area (Å²) in [5.41, 5.74) is 9.93. The zero-order valence-electron chi connectivity index (χ0n) is 20.3. The summed E-state index contributed by atoms with van der Waals surface area (Å²) in [6.07, 6.45) is 6.61. The molecule has 5 aromatic rings. The number of anilines is 1.